The summed E-state index contributed by atoms with van der Waals surface area (Å²) in [6.45, 7) is 18.8. The second-order valence-corrected chi connectivity index (χ2v) is 16.2. The predicted octanol–water partition coefficient (Wildman–Crippen LogP) is 13.9. The predicted molar refractivity (Wildman–Crippen MR) is 201 cm³/mol. The monoisotopic (exact) mass is 615 g/mol. The van der Waals surface area contributed by atoms with Crippen LogP contribution in [0.25, 0.3) is 0 Å². The van der Waals surface area contributed by atoms with E-state index in [-0.39, 0.29) is 0 Å². The SMILES string of the molecule is CC(C)CCCCCc1[c]c(Cc2[c]c(CCCCCC(C)C)cc(CCCCCC(C)C)c2)cc(CCCCCC(C)C)c1. The Morgan fingerprint density at radius 3 is 0.956 bits per heavy atom. The van der Waals surface area contributed by atoms with E-state index in [9.17, 15) is 0 Å². The molecule has 0 spiro atoms. The van der Waals surface area contributed by atoms with E-state index in [0.29, 0.717) is 0 Å². The zero-order chi connectivity index (χ0) is 32.9. The highest BCUT2D eigenvalue weighted by molar-refractivity contribution is 5.36. The minimum atomic E-state index is 0.819. The van der Waals surface area contributed by atoms with Crippen molar-refractivity contribution in [1.82, 2.24) is 0 Å². The van der Waals surface area contributed by atoms with Crippen molar-refractivity contribution < 1.29 is 0 Å². The van der Waals surface area contributed by atoms with Crippen molar-refractivity contribution in [3.05, 3.63) is 69.8 Å². The number of unbranched alkanes of at least 4 members (excludes halogenated alkanes) is 8. The molecule has 0 heteroatoms. The lowest BCUT2D eigenvalue weighted by Crippen LogP contribution is -2.00. The van der Waals surface area contributed by atoms with Gasteiger partial charge in [0.1, 0.15) is 0 Å². The Hall–Kier alpha value is -1.56. The van der Waals surface area contributed by atoms with Crippen LogP contribution in [0.1, 0.15) is 192 Å². The topological polar surface area (TPSA) is 0 Å². The molecule has 2 radical (unpaired) electrons. The Kier molecular flexibility index (Phi) is 20.9. The molecule has 2 aromatic rings. The molecule has 0 bridgehead atoms. The van der Waals surface area contributed by atoms with E-state index in [4.69, 9.17) is 0 Å². The average molecular weight is 615 g/mol. The second kappa shape index (κ2) is 23.7. The Bertz CT molecular complexity index is 853. The third kappa shape index (κ3) is 20.3. The van der Waals surface area contributed by atoms with Gasteiger partial charge in [-0.1, -0.05) is 157 Å². The molecule has 0 saturated heterocycles. The summed E-state index contributed by atoms with van der Waals surface area (Å²) in [5.74, 6) is 3.28. The van der Waals surface area contributed by atoms with Crippen LogP contribution in [0.2, 0.25) is 0 Å². The molecule has 0 atom stereocenters. The van der Waals surface area contributed by atoms with Crippen molar-refractivity contribution in [3.63, 3.8) is 0 Å². The van der Waals surface area contributed by atoms with E-state index in [0.717, 1.165) is 30.1 Å². The fraction of sp³-hybridized carbons (Fsp3) is 0.733. The summed E-state index contributed by atoms with van der Waals surface area (Å²) in [5.41, 5.74) is 8.75. The van der Waals surface area contributed by atoms with E-state index in [1.807, 2.05) is 0 Å². The highest BCUT2D eigenvalue weighted by Crippen LogP contribution is 2.23. The van der Waals surface area contributed by atoms with Gasteiger partial charge < -0.3 is 0 Å². The van der Waals surface area contributed by atoms with Crippen LogP contribution in [0.15, 0.2) is 24.3 Å². The van der Waals surface area contributed by atoms with E-state index in [1.54, 1.807) is 0 Å². The molecule has 0 nitrogen and oxygen atoms in total. The van der Waals surface area contributed by atoms with Gasteiger partial charge in [0, 0.05) is 0 Å². The maximum absolute atomic E-state index is 3.91. The fourth-order valence-corrected chi connectivity index (χ4v) is 6.70. The van der Waals surface area contributed by atoms with E-state index in [1.165, 1.54) is 162 Å². The van der Waals surface area contributed by atoms with E-state index in [2.05, 4.69) is 91.8 Å². The summed E-state index contributed by atoms with van der Waals surface area (Å²) in [5, 5.41) is 0. The van der Waals surface area contributed by atoms with Crippen molar-refractivity contribution in [1.29, 1.82) is 0 Å². The number of hydrogen-bond donors (Lipinski definition) is 0. The van der Waals surface area contributed by atoms with Crippen LogP contribution in [0.5, 0.6) is 0 Å². The summed E-state index contributed by atoms with van der Waals surface area (Å²) in [6.07, 6.45) is 27.2. The molecule has 2 rings (SSSR count). The summed E-state index contributed by atoms with van der Waals surface area (Å²) < 4.78 is 0. The normalized spacial score (nSPS) is 12.0. The summed E-state index contributed by atoms with van der Waals surface area (Å²) in [6, 6.07) is 17.8. The zero-order valence-electron chi connectivity index (χ0n) is 31.5. The maximum atomic E-state index is 3.91. The van der Waals surface area contributed by atoms with E-state index >= 15 is 0 Å². The maximum Gasteiger partial charge on any atom is -0.00130 e. The summed E-state index contributed by atoms with van der Waals surface area (Å²) in [7, 11) is 0. The van der Waals surface area contributed by atoms with Gasteiger partial charge in [-0.3, -0.25) is 0 Å². The van der Waals surface area contributed by atoms with Gasteiger partial charge in [0.2, 0.25) is 0 Å². The van der Waals surface area contributed by atoms with Gasteiger partial charge in [0.25, 0.3) is 0 Å². The molecular weight excluding hydrogens is 540 g/mol. The number of rotatable bonds is 26. The highest BCUT2D eigenvalue weighted by atomic mass is 14.1. The van der Waals surface area contributed by atoms with Gasteiger partial charge in [-0.2, -0.15) is 0 Å². The zero-order valence-corrected chi connectivity index (χ0v) is 31.5. The average Bonchev–Trinajstić information content (AvgIpc) is 2.95. The molecule has 0 aromatic heterocycles. The van der Waals surface area contributed by atoms with Crippen LogP contribution in [0, 0.1) is 35.8 Å². The Labute approximate surface area is 283 Å². The molecule has 0 aliphatic carbocycles. The summed E-state index contributed by atoms with van der Waals surface area (Å²) >= 11 is 0. The molecule has 0 heterocycles. The fourth-order valence-electron chi connectivity index (χ4n) is 6.70. The molecule has 45 heavy (non-hydrogen) atoms. The molecule has 0 fully saturated rings. The van der Waals surface area contributed by atoms with Crippen LogP contribution in [-0.4, -0.2) is 0 Å². The van der Waals surface area contributed by atoms with Gasteiger partial charge in [-0.15, -0.1) is 0 Å². The first-order valence-corrected chi connectivity index (χ1v) is 19.7. The molecular formula is C45H74. The molecule has 254 valence electrons. The number of hydrogen-bond acceptors (Lipinski definition) is 0. The largest absolute Gasteiger partial charge is 0.0628 e. The molecule has 0 aliphatic rings. The molecule has 0 N–H and O–H groups in total. The lowest BCUT2D eigenvalue weighted by Gasteiger charge is -2.13. The van der Waals surface area contributed by atoms with Crippen LogP contribution in [-0.2, 0) is 32.1 Å². The van der Waals surface area contributed by atoms with Crippen molar-refractivity contribution in [2.45, 2.75) is 190 Å². The molecule has 0 saturated carbocycles. The van der Waals surface area contributed by atoms with Gasteiger partial charge >= 0.3 is 0 Å². The molecule has 0 aliphatic heterocycles. The Balaban J connectivity index is 2.16. The Morgan fingerprint density at radius 2 is 0.644 bits per heavy atom. The first-order chi connectivity index (χ1) is 21.6. The van der Waals surface area contributed by atoms with Crippen LogP contribution in [0.4, 0.5) is 0 Å². The first-order valence-electron chi connectivity index (χ1n) is 19.7. The number of benzene rings is 2. The summed E-state index contributed by atoms with van der Waals surface area (Å²) in [4.78, 5) is 0. The van der Waals surface area contributed by atoms with Crippen molar-refractivity contribution >= 4 is 0 Å². The van der Waals surface area contributed by atoms with Crippen molar-refractivity contribution in [3.8, 4) is 0 Å². The minimum Gasteiger partial charge on any atom is -0.0628 e. The molecule has 0 unspecified atom stereocenters. The minimum absolute atomic E-state index is 0.819. The molecule has 0 amide bonds. The van der Waals surface area contributed by atoms with E-state index < -0.39 is 0 Å². The lowest BCUT2D eigenvalue weighted by atomic mass is 9.92. The van der Waals surface area contributed by atoms with Crippen LogP contribution < -0.4 is 0 Å². The standard InChI is InChI=1S/C45H74/c1-36(2)21-13-9-17-25-40-29-41(26-18-10-14-22-37(3)4)32-44(31-40)35-45-33-42(27-19-11-15-23-38(5)6)30-43(34-45)28-20-12-16-24-39(7)8/h29-31,33,36-39H,9-28,35H2,1-8H3. The van der Waals surface area contributed by atoms with Gasteiger partial charge in [0.15, 0.2) is 0 Å². The third-order valence-corrected chi connectivity index (χ3v) is 9.41. The third-order valence-electron chi connectivity index (χ3n) is 9.41. The second-order valence-electron chi connectivity index (χ2n) is 16.2. The molecule has 2 aromatic carbocycles. The van der Waals surface area contributed by atoms with Crippen molar-refractivity contribution in [2.24, 2.45) is 23.7 Å². The highest BCUT2D eigenvalue weighted by Gasteiger charge is 2.09. The van der Waals surface area contributed by atoms with Crippen molar-refractivity contribution in [2.75, 3.05) is 0 Å². The number of aryl methyl sites for hydroxylation is 4. The van der Waals surface area contributed by atoms with Gasteiger partial charge in [-0.25, -0.2) is 0 Å². The van der Waals surface area contributed by atoms with Crippen LogP contribution >= 0.6 is 0 Å². The quantitative estimate of drug-likeness (QED) is 0.0925. The van der Waals surface area contributed by atoms with Crippen LogP contribution in [0.3, 0.4) is 0 Å². The Morgan fingerprint density at radius 1 is 0.356 bits per heavy atom. The smallest absolute Gasteiger partial charge is 0.00130 e. The van der Waals surface area contributed by atoms with Gasteiger partial charge in [0.05, 0.1) is 0 Å². The first kappa shape index (κ1) is 39.6. The van der Waals surface area contributed by atoms with Gasteiger partial charge in [-0.05, 0) is 127 Å². The lowest BCUT2D eigenvalue weighted by molar-refractivity contribution is 0.526.